The maximum absolute atomic E-state index is 12.9. The minimum atomic E-state index is -1.10. The molecule has 1 aliphatic carbocycles. The van der Waals surface area contributed by atoms with Crippen LogP contribution in [0.4, 0.5) is 0 Å². The highest BCUT2D eigenvalue weighted by Gasteiger charge is 2.71. The van der Waals surface area contributed by atoms with E-state index >= 15 is 0 Å². The number of hydrogen-bond acceptors (Lipinski definition) is 6. The Bertz CT molecular complexity index is 646. The van der Waals surface area contributed by atoms with Gasteiger partial charge in [0.2, 0.25) is 6.10 Å². The van der Waals surface area contributed by atoms with E-state index in [-0.39, 0.29) is 17.9 Å². The molecule has 0 amide bonds. The smallest absolute Gasteiger partial charge is 0.331 e. The summed E-state index contributed by atoms with van der Waals surface area (Å²) in [5, 5.41) is 0. The van der Waals surface area contributed by atoms with Gasteiger partial charge in [-0.1, -0.05) is 0 Å². The van der Waals surface area contributed by atoms with Gasteiger partial charge in [-0.05, 0) is 52.2 Å². The molecule has 0 aromatic carbocycles. The average molecular weight is 319 g/mol. The van der Waals surface area contributed by atoms with Gasteiger partial charge in [-0.15, -0.1) is 0 Å². The lowest BCUT2D eigenvalue weighted by Gasteiger charge is -2.56. The van der Waals surface area contributed by atoms with Crippen molar-refractivity contribution >= 4 is 17.7 Å². The number of hydrogen-bond donors (Lipinski definition) is 0. The van der Waals surface area contributed by atoms with E-state index in [1.165, 1.54) is 6.08 Å². The maximum atomic E-state index is 12.9. The first kappa shape index (κ1) is 14.9. The second kappa shape index (κ2) is 4.44. The number of nitrogens with zero attached hydrogens (tertiary/aromatic N) is 1. The normalized spacial score (nSPS) is 38.9. The van der Waals surface area contributed by atoms with Gasteiger partial charge in [0.1, 0.15) is 0 Å². The van der Waals surface area contributed by atoms with Crippen molar-refractivity contribution in [2.24, 2.45) is 5.41 Å². The van der Waals surface area contributed by atoms with Crippen LogP contribution < -0.4 is 0 Å². The Balaban J connectivity index is 1.77. The molecule has 6 heteroatoms. The fraction of sp³-hybridized carbons (Fsp3) is 0.706. The number of rotatable bonds is 1. The molecule has 0 aromatic heterocycles. The van der Waals surface area contributed by atoms with Gasteiger partial charge in [-0.3, -0.25) is 14.5 Å². The molecular weight excluding hydrogens is 298 g/mol. The highest BCUT2D eigenvalue weighted by Crippen LogP contribution is 2.54. The van der Waals surface area contributed by atoms with Gasteiger partial charge in [-0.25, -0.2) is 4.79 Å². The summed E-state index contributed by atoms with van der Waals surface area (Å²) in [6.45, 7) is 6.07. The highest BCUT2D eigenvalue weighted by molar-refractivity contribution is 5.99. The first-order valence-electron chi connectivity index (χ1n) is 8.20. The Morgan fingerprint density at radius 1 is 1.39 bits per heavy atom. The molecule has 23 heavy (non-hydrogen) atoms. The number of carbonyl (C=O) groups is 3. The van der Waals surface area contributed by atoms with E-state index in [0.29, 0.717) is 6.42 Å². The van der Waals surface area contributed by atoms with Crippen LogP contribution in [0, 0.1) is 5.41 Å². The standard InChI is InChI=1S/C17H21NO5/c1-16(2,3)15(21)22-14-13(20)10-7-9-8-12(19)23-17(9,14)11-5-4-6-18(10)11/h8,10-11,14H,4-7H2,1-3H3/t10-,11-,14+,17+/m0/s1. The van der Waals surface area contributed by atoms with Gasteiger partial charge < -0.3 is 9.47 Å². The van der Waals surface area contributed by atoms with Crippen LogP contribution in [0.1, 0.15) is 40.0 Å². The summed E-state index contributed by atoms with van der Waals surface area (Å²) in [6, 6.07) is -0.364. The molecule has 0 N–H and O–H groups in total. The number of fused-ring (bicyclic) bond motifs is 1. The van der Waals surface area contributed by atoms with Crippen LogP contribution in [0.5, 0.6) is 0 Å². The minimum Gasteiger partial charge on any atom is -0.449 e. The summed E-state index contributed by atoms with van der Waals surface area (Å²) in [7, 11) is 0. The van der Waals surface area contributed by atoms with Crippen molar-refractivity contribution in [3.8, 4) is 0 Å². The number of ether oxygens (including phenoxy) is 2. The Hall–Kier alpha value is -1.69. The molecule has 6 nitrogen and oxygen atoms in total. The van der Waals surface area contributed by atoms with E-state index < -0.39 is 29.1 Å². The number of Topliss-reactive ketones (excluding diaryl/α,β-unsaturated/α-hetero) is 1. The third-order valence-corrected chi connectivity index (χ3v) is 5.48. The van der Waals surface area contributed by atoms with Crippen LogP contribution >= 0.6 is 0 Å². The lowest BCUT2D eigenvalue weighted by atomic mass is 9.66. The molecule has 0 radical (unpaired) electrons. The van der Waals surface area contributed by atoms with Crippen molar-refractivity contribution in [1.29, 1.82) is 0 Å². The van der Waals surface area contributed by atoms with Crippen molar-refractivity contribution in [3.05, 3.63) is 11.6 Å². The maximum Gasteiger partial charge on any atom is 0.331 e. The number of carbonyl (C=O) groups excluding carboxylic acids is 3. The van der Waals surface area contributed by atoms with Crippen LogP contribution in [0.2, 0.25) is 0 Å². The molecule has 5 aliphatic rings. The highest BCUT2D eigenvalue weighted by atomic mass is 16.6. The van der Waals surface area contributed by atoms with Crippen molar-refractivity contribution < 1.29 is 23.9 Å². The predicted molar refractivity (Wildman–Crippen MR) is 79.4 cm³/mol. The molecule has 0 aromatic rings. The van der Waals surface area contributed by atoms with Crippen LogP contribution in [0.3, 0.4) is 0 Å². The number of piperidine rings is 2. The SMILES string of the molecule is CC(C)(C)C(=O)O[C@@H]1C(=O)[C@@H]2CC3=CC(=O)O[C@@]31[C@@H]1CCCN12. The molecule has 4 aliphatic heterocycles. The third-order valence-electron chi connectivity index (χ3n) is 5.48. The lowest BCUT2D eigenvalue weighted by Crippen LogP contribution is -2.75. The zero-order valence-corrected chi connectivity index (χ0v) is 13.6. The summed E-state index contributed by atoms with van der Waals surface area (Å²) in [6.07, 6.45) is 2.79. The molecule has 3 saturated heterocycles. The average Bonchev–Trinajstić information content (AvgIpc) is 3.04. The second-order valence-electron chi connectivity index (χ2n) is 7.94. The zero-order chi connectivity index (χ0) is 16.6. The van der Waals surface area contributed by atoms with E-state index in [0.717, 1.165) is 25.0 Å². The molecular formula is C17H21NO5. The molecule has 0 unspecified atom stereocenters. The monoisotopic (exact) mass is 319 g/mol. The van der Waals surface area contributed by atoms with Gasteiger partial charge in [0.15, 0.2) is 11.4 Å². The van der Waals surface area contributed by atoms with Crippen molar-refractivity contribution in [2.75, 3.05) is 6.54 Å². The first-order chi connectivity index (χ1) is 10.7. The summed E-state index contributed by atoms with van der Waals surface area (Å²) in [4.78, 5) is 39.3. The summed E-state index contributed by atoms with van der Waals surface area (Å²) in [5.74, 6) is -1.00. The van der Waals surface area contributed by atoms with E-state index in [1.54, 1.807) is 20.8 Å². The van der Waals surface area contributed by atoms with Gasteiger partial charge >= 0.3 is 11.9 Å². The molecule has 1 spiro atoms. The van der Waals surface area contributed by atoms with Crippen LogP contribution in [-0.4, -0.2) is 53.0 Å². The minimum absolute atomic E-state index is 0.0607. The van der Waals surface area contributed by atoms with Gasteiger partial charge in [0.05, 0.1) is 17.5 Å². The van der Waals surface area contributed by atoms with E-state index in [9.17, 15) is 14.4 Å². The van der Waals surface area contributed by atoms with Gasteiger partial charge in [0, 0.05) is 6.08 Å². The quantitative estimate of drug-likeness (QED) is 0.671. The molecule has 1 saturated carbocycles. The third kappa shape index (κ3) is 1.81. The lowest BCUT2D eigenvalue weighted by molar-refractivity contribution is -0.207. The fourth-order valence-electron chi connectivity index (χ4n) is 4.44. The van der Waals surface area contributed by atoms with E-state index in [2.05, 4.69) is 4.90 Å². The molecule has 4 atom stereocenters. The second-order valence-corrected chi connectivity index (χ2v) is 7.94. The van der Waals surface area contributed by atoms with Crippen molar-refractivity contribution in [1.82, 2.24) is 4.90 Å². The van der Waals surface area contributed by atoms with Gasteiger partial charge in [0.25, 0.3) is 0 Å². The summed E-state index contributed by atoms with van der Waals surface area (Å²) < 4.78 is 11.3. The molecule has 4 fully saturated rings. The van der Waals surface area contributed by atoms with Crippen LogP contribution in [0.25, 0.3) is 0 Å². The van der Waals surface area contributed by atoms with Crippen LogP contribution in [0.15, 0.2) is 11.6 Å². The van der Waals surface area contributed by atoms with E-state index in [1.807, 2.05) is 0 Å². The topological polar surface area (TPSA) is 72.9 Å². The van der Waals surface area contributed by atoms with Crippen LogP contribution in [-0.2, 0) is 23.9 Å². The Kier molecular flexibility index (Phi) is 2.87. The number of ketones is 1. The molecule has 2 bridgehead atoms. The largest absolute Gasteiger partial charge is 0.449 e. The predicted octanol–water partition coefficient (Wildman–Crippen LogP) is 0.986. The van der Waals surface area contributed by atoms with Gasteiger partial charge in [-0.2, -0.15) is 0 Å². The van der Waals surface area contributed by atoms with Crippen molar-refractivity contribution in [3.63, 3.8) is 0 Å². The van der Waals surface area contributed by atoms with E-state index in [4.69, 9.17) is 9.47 Å². The first-order valence-corrected chi connectivity index (χ1v) is 8.20. The fourth-order valence-corrected chi connectivity index (χ4v) is 4.44. The van der Waals surface area contributed by atoms with Crippen molar-refractivity contribution in [2.45, 2.75) is 63.8 Å². The Morgan fingerprint density at radius 3 is 2.83 bits per heavy atom. The molecule has 124 valence electrons. The Labute approximate surface area is 134 Å². The summed E-state index contributed by atoms with van der Waals surface area (Å²) in [5.41, 5.74) is -0.988. The number of esters is 2. The zero-order valence-electron chi connectivity index (χ0n) is 13.6. The molecule has 5 rings (SSSR count). The summed E-state index contributed by atoms with van der Waals surface area (Å²) >= 11 is 0. The molecule has 4 heterocycles. The Morgan fingerprint density at radius 2 is 2.13 bits per heavy atom.